The summed E-state index contributed by atoms with van der Waals surface area (Å²) < 4.78 is 5.26. The van der Waals surface area contributed by atoms with E-state index in [9.17, 15) is 4.79 Å². The summed E-state index contributed by atoms with van der Waals surface area (Å²) in [4.78, 5) is 16.9. The molecule has 0 radical (unpaired) electrons. The minimum Gasteiger partial charge on any atom is -0.459 e. The Morgan fingerprint density at radius 3 is 2.84 bits per heavy atom. The molecule has 0 spiro atoms. The lowest BCUT2D eigenvalue weighted by molar-refractivity contribution is -0.151. The Labute approximate surface area is 119 Å². The fourth-order valence-electron chi connectivity index (χ4n) is 1.36. The van der Waals surface area contributed by atoms with Crippen molar-refractivity contribution in [1.29, 1.82) is 0 Å². The van der Waals surface area contributed by atoms with Gasteiger partial charge in [-0.2, -0.15) is 0 Å². The number of aromatic nitrogens is 1. The molecular weight excluding hydrogens is 260 g/mol. The van der Waals surface area contributed by atoms with Crippen molar-refractivity contribution < 1.29 is 9.53 Å². The summed E-state index contributed by atoms with van der Waals surface area (Å²) in [6, 6.07) is 3.84. The smallest absolute Gasteiger partial charge is 0.316 e. The van der Waals surface area contributed by atoms with Crippen LogP contribution in [-0.2, 0) is 9.53 Å². The Balaban J connectivity index is 2.46. The first-order valence-corrected chi connectivity index (χ1v) is 7.44. The highest BCUT2D eigenvalue weighted by molar-refractivity contribution is 8.00. The summed E-state index contributed by atoms with van der Waals surface area (Å²) in [7, 11) is 0. The molecule has 0 aliphatic carbocycles. The molecule has 1 heterocycles. The Kier molecular flexibility index (Phi) is 6.15. The predicted octanol–water partition coefficient (Wildman–Crippen LogP) is 3.34. The topological polar surface area (TPSA) is 51.2 Å². The molecule has 0 aliphatic rings. The zero-order valence-electron chi connectivity index (χ0n) is 12.0. The third kappa shape index (κ3) is 7.06. The van der Waals surface area contributed by atoms with E-state index in [2.05, 4.69) is 17.2 Å². The maximum absolute atomic E-state index is 11.6. The molecule has 1 rings (SSSR count). The van der Waals surface area contributed by atoms with Gasteiger partial charge in [0.1, 0.15) is 11.4 Å². The Bertz CT molecular complexity index is 416. The molecule has 0 aliphatic heterocycles. The van der Waals surface area contributed by atoms with Crippen molar-refractivity contribution in [3.05, 3.63) is 18.3 Å². The molecule has 1 N–H and O–H groups in total. The number of hydrogen-bond donors (Lipinski definition) is 1. The Morgan fingerprint density at radius 2 is 2.21 bits per heavy atom. The van der Waals surface area contributed by atoms with E-state index in [4.69, 9.17) is 4.74 Å². The zero-order valence-corrected chi connectivity index (χ0v) is 12.8. The molecule has 5 heteroatoms. The van der Waals surface area contributed by atoms with Gasteiger partial charge in [0.15, 0.2) is 0 Å². The second kappa shape index (κ2) is 7.38. The van der Waals surface area contributed by atoms with Crippen LogP contribution in [0.1, 0.15) is 34.1 Å². The van der Waals surface area contributed by atoms with Crippen molar-refractivity contribution in [1.82, 2.24) is 4.98 Å². The monoisotopic (exact) mass is 282 g/mol. The van der Waals surface area contributed by atoms with Gasteiger partial charge in [-0.3, -0.25) is 4.79 Å². The van der Waals surface area contributed by atoms with Gasteiger partial charge in [0.05, 0.1) is 5.75 Å². The van der Waals surface area contributed by atoms with Crippen LogP contribution in [0.25, 0.3) is 0 Å². The highest BCUT2D eigenvalue weighted by Crippen LogP contribution is 2.21. The van der Waals surface area contributed by atoms with Gasteiger partial charge in [-0.05, 0) is 39.3 Å². The van der Waals surface area contributed by atoms with Crippen molar-refractivity contribution in [2.24, 2.45) is 0 Å². The van der Waals surface area contributed by atoms with Gasteiger partial charge in [0.25, 0.3) is 0 Å². The lowest BCUT2D eigenvalue weighted by Crippen LogP contribution is -2.24. The maximum Gasteiger partial charge on any atom is 0.316 e. The van der Waals surface area contributed by atoms with Gasteiger partial charge in [-0.15, -0.1) is 11.8 Å². The molecule has 4 nitrogen and oxygen atoms in total. The summed E-state index contributed by atoms with van der Waals surface area (Å²) in [6.45, 7) is 8.61. The number of nitrogens with zero attached hydrogens (tertiary/aromatic N) is 1. The van der Waals surface area contributed by atoms with Crippen LogP contribution in [0.5, 0.6) is 0 Å². The standard InChI is InChI=1S/C14H22N2O2S/c1-5-7-15-12-9-11(6-8-16-12)19-10-13(17)18-14(2,3)4/h6,8-9H,5,7,10H2,1-4H3,(H,15,16). The number of anilines is 1. The van der Waals surface area contributed by atoms with Gasteiger partial charge in [-0.1, -0.05) is 6.92 Å². The molecule has 106 valence electrons. The fraction of sp³-hybridized carbons (Fsp3) is 0.571. The van der Waals surface area contributed by atoms with E-state index in [1.807, 2.05) is 32.9 Å². The quantitative estimate of drug-likeness (QED) is 0.640. The molecule has 0 saturated heterocycles. The van der Waals surface area contributed by atoms with Crippen molar-refractivity contribution in [2.75, 3.05) is 17.6 Å². The first-order valence-electron chi connectivity index (χ1n) is 6.45. The number of ether oxygens (including phenoxy) is 1. The minimum absolute atomic E-state index is 0.197. The number of pyridine rings is 1. The Hall–Kier alpha value is -1.23. The largest absolute Gasteiger partial charge is 0.459 e. The molecule has 0 amide bonds. The van der Waals surface area contributed by atoms with E-state index in [1.54, 1.807) is 6.20 Å². The minimum atomic E-state index is -0.427. The highest BCUT2D eigenvalue weighted by atomic mass is 32.2. The van der Waals surface area contributed by atoms with Crippen LogP contribution in [0.15, 0.2) is 23.2 Å². The SMILES string of the molecule is CCCNc1cc(SCC(=O)OC(C)(C)C)ccn1. The Morgan fingerprint density at radius 1 is 1.47 bits per heavy atom. The zero-order chi connectivity index (χ0) is 14.3. The average Bonchev–Trinajstić information content (AvgIpc) is 2.32. The van der Waals surface area contributed by atoms with Gasteiger partial charge >= 0.3 is 5.97 Å². The molecule has 1 aromatic heterocycles. The van der Waals surface area contributed by atoms with Crippen LogP contribution in [0.3, 0.4) is 0 Å². The predicted molar refractivity (Wildman–Crippen MR) is 79.6 cm³/mol. The lowest BCUT2D eigenvalue weighted by Gasteiger charge is -2.19. The number of carbonyl (C=O) groups is 1. The summed E-state index contributed by atoms with van der Waals surface area (Å²) in [5.74, 6) is 0.961. The summed E-state index contributed by atoms with van der Waals surface area (Å²) >= 11 is 1.46. The number of nitrogens with one attached hydrogen (secondary N) is 1. The number of rotatable bonds is 6. The molecule has 1 aromatic rings. The number of carbonyl (C=O) groups excluding carboxylic acids is 1. The van der Waals surface area contributed by atoms with Crippen LogP contribution < -0.4 is 5.32 Å². The van der Waals surface area contributed by atoms with Gasteiger partial charge in [-0.25, -0.2) is 4.98 Å². The highest BCUT2D eigenvalue weighted by Gasteiger charge is 2.16. The third-order valence-electron chi connectivity index (χ3n) is 2.06. The van der Waals surface area contributed by atoms with Crippen molar-refractivity contribution in [3.63, 3.8) is 0 Å². The van der Waals surface area contributed by atoms with Crippen molar-refractivity contribution >= 4 is 23.5 Å². The van der Waals surface area contributed by atoms with E-state index in [1.165, 1.54) is 11.8 Å². The van der Waals surface area contributed by atoms with Crippen molar-refractivity contribution in [2.45, 2.75) is 44.6 Å². The van der Waals surface area contributed by atoms with Crippen LogP contribution in [0.2, 0.25) is 0 Å². The third-order valence-corrected chi connectivity index (χ3v) is 3.03. The van der Waals surface area contributed by atoms with Gasteiger partial charge in [0.2, 0.25) is 0 Å². The van der Waals surface area contributed by atoms with Crippen molar-refractivity contribution in [3.8, 4) is 0 Å². The molecule has 0 saturated carbocycles. The summed E-state index contributed by atoms with van der Waals surface area (Å²) in [6.07, 6.45) is 2.80. The van der Waals surface area contributed by atoms with E-state index < -0.39 is 5.60 Å². The molecular formula is C14H22N2O2S. The van der Waals surface area contributed by atoms with Crippen LogP contribution in [-0.4, -0.2) is 28.9 Å². The number of thioether (sulfide) groups is 1. The molecule has 19 heavy (non-hydrogen) atoms. The normalized spacial score (nSPS) is 11.2. The summed E-state index contributed by atoms with van der Waals surface area (Å²) in [5, 5.41) is 3.22. The number of esters is 1. The second-order valence-corrected chi connectivity index (χ2v) is 6.23. The van der Waals surface area contributed by atoms with E-state index >= 15 is 0 Å². The molecule has 0 fully saturated rings. The molecule has 0 atom stereocenters. The summed E-state index contributed by atoms with van der Waals surface area (Å²) in [5.41, 5.74) is -0.427. The second-order valence-electron chi connectivity index (χ2n) is 5.18. The van der Waals surface area contributed by atoms with Gasteiger partial charge in [0, 0.05) is 17.6 Å². The van der Waals surface area contributed by atoms with Crippen LogP contribution in [0.4, 0.5) is 5.82 Å². The molecule has 0 aromatic carbocycles. The van der Waals surface area contributed by atoms with E-state index in [-0.39, 0.29) is 5.97 Å². The van der Waals surface area contributed by atoms with E-state index in [0.717, 1.165) is 23.7 Å². The van der Waals surface area contributed by atoms with Gasteiger partial charge < -0.3 is 10.1 Å². The average molecular weight is 282 g/mol. The van der Waals surface area contributed by atoms with Crippen LogP contribution in [0, 0.1) is 0 Å². The molecule has 0 unspecified atom stereocenters. The fourth-order valence-corrected chi connectivity index (χ4v) is 2.06. The van der Waals surface area contributed by atoms with Crippen LogP contribution >= 0.6 is 11.8 Å². The first-order chi connectivity index (χ1) is 8.90. The first kappa shape index (κ1) is 15.8. The maximum atomic E-state index is 11.6. The van der Waals surface area contributed by atoms with E-state index in [0.29, 0.717) is 5.75 Å². The molecule has 0 bridgehead atoms. The number of hydrogen-bond acceptors (Lipinski definition) is 5. The lowest BCUT2D eigenvalue weighted by atomic mass is 10.2.